The van der Waals surface area contributed by atoms with Crippen LogP contribution in [-0.4, -0.2) is 44.2 Å². The molecule has 28 heavy (non-hydrogen) atoms. The topological polar surface area (TPSA) is 74.6 Å². The Labute approximate surface area is 174 Å². The lowest BCUT2D eigenvalue weighted by Gasteiger charge is -2.12. The van der Waals surface area contributed by atoms with Gasteiger partial charge < -0.3 is 10.2 Å². The van der Waals surface area contributed by atoms with Gasteiger partial charge in [-0.3, -0.25) is 9.59 Å². The summed E-state index contributed by atoms with van der Waals surface area (Å²) in [5.41, 5.74) is 1.29. The van der Waals surface area contributed by atoms with Gasteiger partial charge in [-0.15, -0.1) is 0 Å². The second kappa shape index (κ2) is 12.8. The van der Waals surface area contributed by atoms with E-state index in [1.165, 1.54) is 0 Å². The SMILES string of the molecule is O=C(SCC(O)CCCCC(O)CSC(=O)c1ccccc1)c1ccccc1. The minimum atomic E-state index is -0.538. The summed E-state index contributed by atoms with van der Waals surface area (Å²) in [6, 6.07) is 18.1. The van der Waals surface area contributed by atoms with Crippen molar-refractivity contribution < 1.29 is 19.8 Å². The summed E-state index contributed by atoms with van der Waals surface area (Å²) in [4.78, 5) is 24.0. The summed E-state index contributed by atoms with van der Waals surface area (Å²) in [7, 11) is 0. The lowest BCUT2D eigenvalue weighted by atomic mass is 10.1. The molecule has 0 bridgehead atoms. The second-order valence-electron chi connectivity index (χ2n) is 6.52. The quantitative estimate of drug-likeness (QED) is 0.526. The molecule has 0 saturated carbocycles. The van der Waals surface area contributed by atoms with Crippen molar-refractivity contribution in [1.82, 2.24) is 0 Å². The molecule has 150 valence electrons. The number of unbranched alkanes of at least 4 members (excludes halogenated alkanes) is 1. The first-order valence-electron chi connectivity index (χ1n) is 9.36. The maximum atomic E-state index is 12.0. The number of aliphatic hydroxyl groups excluding tert-OH is 2. The average Bonchev–Trinajstić information content (AvgIpc) is 2.74. The molecule has 0 amide bonds. The molecule has 2 N–H and O–H groups in total. The summed E-state index contributed by atoms with van der Waals surface area (Å²) in [5, 5.41) is 20.0. The molecule has 2 aromatic rings. The number of thioether (sulfide) groups is 2. The fraction of sp³-hybridized carbons (Fsp3) is 0.364. The van der Waals surface area contributed by atoms with Gasteiger partial charge in [0.15, 0.2) is 0 Å². The number of rotatable bonds is 11. The Morgan fingerprint density at radius 3 is 1.39 bits per heavy atom. The summed E-state index contributed by atoms with van der Waals surface area (Å²) in [6.45, 7) is 0. The third-order valence-corrected chi connectivity index (χ3v) is 6.26. The third-order valence-electron chi connectivity index (χ3n) is 4.16. The molecule has 6 heteroatoms. The van der Waals surface area contributed by atoms with Gasteiger partial charge in [0.1, 0.15) is 0 Å². The Morgan fingerprint density at radius 2 is 1.04 bits per heavy atom. The molecule has 2 atom stereocenters. The van der Waals surface area contributed by atoms with Gasteiger partial charge in [-0.05, 0) is 12.8 Å². The first kappa shape index (κ1) is 22.7. The van der Waals surface area contributed by atoms with E-state index in [0.717, 1.165) is 36.4 Å². The number of aliphatic hydroxyl groups is 2. The van der Waals surface area contributed by atoms with Crippen molar-refractivity contribution in [2.24, 2.45) is 0 Å². The minimum Gasteiger partial charge on any atom is -0.392 e. The molecule has 0 aliphatic carbocycles. The van der Waals surface area contributed by atoms with Gasteiger partial charge in [0, 0.05) is 22.6 Å². The molecule has 0 aliphatic rings. The molecule has 2 rings (SSSR count). The van der Waals surface area contributed by atoms with E-state index in [0.29, 0.717) is 35.5 Å². The molecule has 0 spiro atoms. The molecule has 0 heterocycles. The van der Waals surface area contributed by atoms with Crippen LogP contribution in [0.4, 0.5) is 0 Å². The monoisotopic (exact) mass is 418 g/mol. The second-order valence-corrected chi connectivity index (χ2v) is 8.51. The van der Waals surface area contributed by atoms with E-state index < -0.39 is 12.2 Å². The molecule has 0 aliphatic heterocycles. The molecule has 0 saturated heterocycles. The van der Waals surface area contributed by atoms with Crippen LogP contribution in [0.2, 0.25) is 0 Å². The highest BCUT2D eigenvalue weighted by atomic mass is 32.2. The molecule has 0 radical (unpaired) electrons. The van der Waals surface area contributed by atoms with E-state index in [1.807, 2.05) is 36.4 Å². The van der Waals surface area contributed by atoms with E-state index in [1.54, 1.807) is 24.3 Å². The van der Waals surface area contributed by atoms with Gasteiger partial charge in [-0.25, -0.2) is 0 Å². The molecule has 2 unspecified atom stereocenters. The van der Waals surface area contributed by atoms with E-state index in [4.69, 9.17) is 0 Å². The largest absolute Gasteiger partial charge is 0.392 e. The first-order chi connectivity index (χ1) is 13.6. The molecular weight excluding hydrogens is 392 g/mol. The van der Waals surface area contributed by atoms with Crippen molar-refractivity contribution in [3.05, 3.63) is 71.8 Å². The molecule has 2 aromatic carbocycles. The van der Waals surface area contributed by atoms with Gasteiger partial charge in [0.2, 0.25) is 10.2 Å². The van der Waals surface area contributed by atoms with Gasteiger partial charge >= 0.3 is 0 Å². The standard InChI is InChI=1S/C22H26O4S2/c23-19(15-27-21(25)17-9-3-1-4-10-17)13-7-8-14-20(24)16-28-22(26)18-11-5-2-6-12-18/h1-6,9-12,19-20,23-24H,7-8,13-16H2. The Kier molecular flexibility index (Phi) is 10.4. The summed E-state index contributed by atoms with van der Waals surface area (Å²) < 4.78 is 0. The first-order valence-corrected chi connectivity index (χ1v) is 11.3. The Balaban J connectivity index is 1.54. The normalized spacial score (nSPS) is 13.1. The van der Waals surface area contributed by atoms with Gasteiger partial charge in [-0.1, -0.05) is 97.0 Å². The smallest absolute Gasteiger partial charge is 0.219 e. The van der Waals surface area contributed by atoms with Crippen molar-refractivity contribution >= 4 is 33.8 Å². The van der Waals surface area contributed by atoms with Crippen LogP contribution in [0.25, 0.3) is 0 Å². The fourth-order valence-electron chi connectivity index (χ4n) is 2.59. The fourth-order valence-corrected chi connectivity index (χ4v) is 4.21. The Bertz CT molecular complexity index is 658. The van der Waals surface area contributed by atoms with Crippen molar-refractivity contribution in [2.45, 2.75) is 37.9 Å². The average molecular weight is 419 g/mol. The summed E-state index contributed by atoms with van der Waals surface area (Å²) in [6.07, 6.45) is 1.66. The highest BCUT2D eigenvalue weighted by Crippen LogP contribution is 2.18. The predicted molar refractivity (Wildman–Crippen MR) is 117 cm³/mol. The van der Waals surface area contributed by atoms with Crippen LogP contribution >= 0.6 is 23.5 Å². The molecule has 0 fully saturated rings. The number of carbonyl (C=O) groups is 2. The van der Waals surface area contributed by atoms with E-state index >= 15 is 0 Å². The van der Waals surface area contributed by atoms with Crippen LogP contribution in [0.3, 0.4) is 0 Å². The summed E-state index contributed by atoms with van der Waals surface area (Å²) in [5.74, 6) is 0.745. The van der Waals surface area contributed by atoms with E-state index in [9.17, 15) is 19.8 Å². The van der Waals surface area contributed by atoms with Crippen molar-refractivity contribution in [2.75, 3.05) is 11.5 Å². The maximum Gasteiger partial charge on any atom is 0.219 e. The molecule has 4 nitrogen and oxygen atoms in total. The van der Waals surface area contributed by atoms with Crippen molar-refractivity contribution in [3.8, 4) is 0 Å². The highest BCUT2D eigenvalue weighted by molar-refractivity contribution is 8.14. The lowest BCUT2D eigenvalue weighted by Crippen LogP contribution is -2.14. The number of hydrogen-bond acceptors (Lipinski definition) is 6. The minimum absolute atomic E-state index is 0.0322. The molecular formula is C22H26O4S2. The third kappa shape index (κ3) is 8.61. The Hall–Kier alpha value is -1.60. The zero-order valence-corrected chi connectivity index (χ0v) is 17.3. The predicted octanol–water partition coefficient (Wildman–Crippen LogP) is 4.42. The van der Waals surface area contributed by atoms with Crippen LogP contribution in [-0.2, 0) is 0 Å². The van der Waals surface area contributed by atoms with E-state index in [-0.39, 0.29) is 10.2 Å². The number of hydrogen-bond donors (Lipinski definition) is 2. The maximum absolute atomic E-state index is 12.0. The number of benzene rings is 2. The van der Waals surface area contributed by atoms with Crippen LogP contribution in [0.1, 0.15) is 46.4 Å². The Morgan fingerprint density at radius 1 is 0.679 bits per heavy atom. The van der Waals surface area contributed by atoms with Crippen LogP contribution in [0, 0.1) is 0 Å². The van der Waals surface area contributed by atoms with Gasteiger partial charge in [0.05, 0.1) is 12.2 Å². The lowest BCUT2D eigenvalue weighted by molar-refractivity contribution is 0.107. The zero-order chi connectivity index (χ0) is 20.2. The van der Waals surface area contributed by atoms with E-state index in [2.05, 4.69) is 0 Å². The van der Waals surface area contributed by atoms with Gasteiger partial charge in [0.25, 0.3) is 0 Å². The van der Waals surface area contributed by atoms with Crippen LogP contribution in [0.5, 0.6) is 0 Å². The zero-order valence-electron chi connectivity index (χ0n) is 15.7. The summed E-state index contributed by atoms with van der Waals surface area (Å²) >= 11 is 2.26. The number of carbonyl (C=O) groups excluding carboxylic acids is 2. The molecule has 0 aromatic heterocycles. The highest BCUT2D eigenvalue weighted by Gasteiger charge is 2.13. The van der Waals surface area contributed by atoms with Crippen molar-refractivity contribution in [1.29, 1.82) is 0 Å². The van der Waals surface area contributed by atoms with Gasteiger partial charge in [-0.2, -0.15) is 0 Å². The van der Waals surface area contributed by atoms with Crippen LogP contribution in [0.15, 0.2) is 60.7 Å². The van der Waals surface area contributed by atoms with Crippen LogP contribution < -0.4 is 0 Å². The van der Waals surface area contributed by atoms with Crippen molar-refractivity contribution in [3.63, 3.8) is 0 Å².